The molecule has 31 heavy (non-hydrogen) atoms. The van der Waals surface area contributed by atoms with Crippen LogP contribution in [0, 0.1) is 18.3 Å². The normalized spacial score (nSPS) is 11.0. The molecule has 2 heterocycles. The molecule has 0 radical (unpaired) electrons. The van der Waals surface area contributed by atoms with Gasteiger partial charge in [-0.2, -0.15) is 5.26 Å². The lowest BCUT2D eigenvalue weighted by Crippen LogP contribution is -2.25. The van der Waals surface area contributed by atoms with Crippen molar-refractivity contribution in [2.45, 2.75) is 13.5 Å². The van der Waals surface area contributed by atoms with Crippen LogP contribution in [0.3, 0.4) is 0 Å². The van der Waals surface area contributed by atoms with E-state index in [0.717, 1.165) is 16.8 Å². The van der Waals surface area contributed by atoms with E-state index >= 15 is 0 Å². The minimum Gasteiger partial charge on any atom is -0.494 e. The van der Waals surface area contributed by atoms with Crippen LogP contribution in [0.4, 0.5) is 5.13 Å². The van der Waals surface area contributed by atoms with Crippen molar-refractivity contribution in [2.75, 3.05) is 0 Å². The van der Waals surface area contributed by atoms with Gasteiger partial charge in [-0.05, 0) is 18.1 Å². The lowest BCUT2D eigenvalue weighted by Gasteiger charge is -2.14. The Morgan fingerprint density at radius 3 is 2.52 bits per heavy atom. The van der Waals surface area contributed by atoms with Crippen LogP contribution < -0.4 is 5.56 Å². The van der Waals surface area contributed by atoms with Crippen LogP contribution in [0.15, 0.2) is 75.8 Å². The fourth-order valence-corrected chi connectivity index (χ4v) is 3.89. The zero-order valence-electron chi connectivity index (χ0n) is 16.7. The number of aromatic hydroxyl groups is 1. The lowest BCUT2D eigenvalue weighted by atomic mass is 10.1. The summed E-state index contributed by atoms with van der Waals surface area (Å²) in [6.07, 6.45) is 1.46. The Morgan fingerprint density at radius 2 is 1.84 bits per heavy atom. The Balaban J connectivity index is 1.73. The van der Waals surface area contributed by atoms with Crippen LogP contribution in [0.25, 0.3) is 11.3 Å². The second-order valence-electron chi connectivity index (χ2n) is 6.87. The highest BCUT2D eigenvalue weighted by molar-refractivity contribution is 7.13. The summed E-state index contributed by atoms with van der Waals surface area (Å²) in [6.45, 7) is 1.78. The number of hydrogen-bond acceptors (Lipinski definition) is 6. The van der Waals surface area contributed by atoms with Gasteiger partial charge >= 0.3 is 0 Å². The number of nitrogens with zero attached hydrogens (tertiary/aromatic N) is 4. The molecule has 2 aromatic heterocycles. The molecule has 0 aliphatic heterocycles. The van der Waals surface area contributed by atoms with Crippen molar-refractivity contribution in [3.8, 4) is 23.2 Å². The van der Waals surface area contributed by atoms with Crippen molar-refractivity contribution in [1.82, 2.24) is 9.55 Å². The van der Waals surface area contributed by atoms with E-state index in [1.165, 1.54) is 22.1 Å². The third-order valence-corrected chi connectivity index (χ3v) is 5.64. The summed E-state index contributed by atoms with van der Waals surface area (Å²) in [5.74, 6) is -0.228. The maximum absolute atomic E-state index is 12.8. The maximum Gasteiger partial charge on any atom is 0.271 e. The van der Waals surface area contributed by atoms with Gasteiger partial charge in [-0.1, -0.05) is 60.7 Å². The molecule has 0 bridgehead atoms. The van der Waals surface area contributed by atoms with E-state index in [1.807, 2.05) is 72.1 Å². The minimum absolute atomic E-state index is 0.0145. The second-order valence-corrected chi connectivity index (χ2v) is 7.70. The molecule has 6 nitrogen and oxygen atoms in total. The summed E-state index contributed by atoms with van der Waals surface area (Å²) in [4.78, 5) is 21.7. The summed E-state index contributed by atoms with van der Waals surface area (Å²) >= 11 is 1.37. The third kappa shape index (κ3) is 4.15. The monoisotopic (exact) mass is 426 g/mol. The fraction of sp³-hybridized carbons (Fsp3) is 0.0833. The van der Waals surface area contributed by atoms with E-state index in [0.29, 0.717) is 16.3 Å². The Kier molecular flexibility index (Phi) is 5.74. The maximum atomic E-state index is 12.8. The van der Waals surface area contributed by atoms with Gasteiger partial charge in [-0.3, -0.25) is 9.36 Å². The summed E-state index contributed by atoms with van der Waals surface area (Å²) in [5.41, 5.74) is 2.80. The average Bonchev–Trinajstić information content (AvgIpc) is 3.27. The van der Waals surface area contributed by atoms with Crippen molar-refractivity contribution in [3.05, 3.63) is 98.7 Å². The van der Waals surface area contributed by atoms with Crippen molar-refractivity contribution in [3.63, 3.8) is 0 Å². The Hall–Kier alpha value is -4.02. The number of aliphatic imine (C=N–C) groups is 1. The topological polar surface area (TPSA) is 91.3 Å². The molecule has 0 saturated heterocycles. The summed E-state index contributed by atoms with van der Waals surface area (Å²) in [7, 11) is 0. The largest absolute Gasteiger partial charge is 0.494 e. The number of pyridine rings is 1. The summed E-state index contributed by atoms with van der Waals surface area (Å²) < 4.78 is 1.19. The van der Waals surface area contributed by atoms with Gasteiger partial charge in [-0.25, -0.2) is 9.98 Å². The molecule has 7 heteroatoms. The Morgan fingerprint density at radius 1 is 1.16 bits per heavy atom. The zero-order valence-corrected chi connectivity index (χ0v) is 17.5. The van der Waals surface area contributed by atoms with Gasteiger partial charge in [-0.15, -0.1) is 11.3 Å². The smallest absolute Gasteiger partial charge is 0.271 e. The quantitative estimate of drug-likeness (QED) is 0.470. The van der Waals surface area contributed by atoms with Gasteiger partial charge in [0.15, 0.2) is 0 Å². The van der Waals surface area contributed by atoms with E-state index in [-0.39, 0.29) is 18.0 Å². The van der Waals surface area contributed by atoms with Crippen LogP contribution in [0.2, 0.25) is 0 Å². The van der Waals surface area contributed by atoms with E-state index < -0.39 is 5.56 Å². The van der Waals surface area contributed by atoms with Crippen LogP contribution in [-0.4, -0.2) is 20.9 Å². The number of nitriles is 1. The van der Waals surface area contributed by atoms with Gasteiger partial charge in [0.2, 0.25) is 11.0 Å². The predicted molar refractivity (Wildman–Crippen MR) is 122 cm³/mol. The van der Waals surface area contributed by atoms with E-state index in [1.54, 1.807) is 6.92 Å². The van der Waals surface area contributed by atoms with Gasteiger partial charge in [0.1, 0.15) is 11.6 Å². The van der Waals surface area contributed by atoms with Crippen LogP contribution in [0.5, 0.6) is 5.88 Å². The molecule has 0 spiro atoms. The molecular formula is C24H18N4O2S. The molecular weight excluding hydrogens is 408 g/mol. The molecule has 0 atom stereocenters. The third-order valence-electron chi connectivity index (χ3n) is 4.90. The number of hydrogen-bond donors (Lipinski definition) is 1. The molecule has 1 N–H and O–H groups in total. The van der Waals surface area contributed by atoms with Crippen LogP contribution >= 0.6 is 11.3 Å². The van der Waals surface area contributed by atoms with E-state index in [9.17, 15) is 15.2 Å². The Bertz CT molecular complexity index is 1350. The molecule has 0 amide bonds. The summed E-state index contributed by atoms with van der Waals surface area (Å²) in [6, 6.07) is 21.0. The van der Waals surface area contributed by atoms with Crippen LogP contribution in [-0.2, 0) is 6.54 Å². The number of aromatic nitrogens is 2. The second kappa shape index (κ2) is 8.78. The van der Waals surface area contributed by atoms with E-state index in [2.05, 4.69) is 9.98 Å². The van der Waals surface area contributed by atoms with Crippen molar-refractivity contribution in [1.29, 1.82) is 5.26 Å². The highest BCUT2D eigenvalue weighted by atomic mass is 32.1. The van der Waals surface area contributed by atoms with E-state index in [4.69, 9.17) is 0 Å². The van der Waals surface area contributed by atoms with Gasteiger partial charge in [0, 0.05) is 17.2 Å². The fourth-order valence-electron chi connectivity index (χ4n) is 3.22. The average molecular weight is 427 g/mol. The SMILES string of the molecule is Cc1c(/C=N/c2nc(-c3ccccc3)cs2)c(O)n(Cc2ccccc2)c(=O)c1C#N. The number of thiazole rings is 1. The van der Waals surface area contributed by atoms with Crippen molar-refractivity contribution < 1.29 is 5.11 Å². The molecule has 0 unspecified atom stereocenters. The Labute approximate surface area is 183 Å². The summed E-state index contributed by atoms with van der Waals surface area (Å²) in [5, 5.41) is 22.8. The molecule has 152 valence electrons. The minimum atomic E-state index is -0.529. The standard InChI is InChI=1S/C24H18N4O2S/c1-16-19(12-25)22(29)28(14-17-8-4-2-5-9-17)23(30)20(16)13-26-24-27-21(15-31-24)18-10-6-3-7-11-18/h2-11,13,15,30H,14H2,1H3/b26-13+. The molecule has 0 aliphatic carbocycles. The number of benzene rings is 2. The highest BCUT2D eigenvalue weighted by Gasteiger charge is 2.18. The first kappa shape index (κ1) is 20.3. The highest BCUT2D eigenvalue weighted by Crippen LogP contribution is 2.27. The molecule has 4 rings (SSSR count). The molecule has 2 aromatic carbocycles. The molecule has 0 saturated carbocycles. The van der Waals surface area contributed by atoms with Crippen molar-refractivity contribution in [2.24, 2.45) is 4.99 Å². The molecule has 4 aromatic rings. The van der Waals surface area contributed by atoms with Gasteiger partial charge in [0.05, 0.1) is 17.8 Å². The van der Waals surface area contributed by atoms with Gasteiger partial charge in [0.25, 0.3) is 5.56 Å². The molecule has 0 aliphatic rings. The lowest BCUT2D eigenvalue weighted by molar-refractivity contribution is 0.413. The number of rotatable bonds is 5. The van der Waals surface area contributed by atoms with Crippen molar-refractivity contribution >= 4 is 22.7 Å². The predicted octanol–water partition coefficient (Wildman–Crippen LogP) is 4.66. The first-order chi connectivity index (χ1) is 15.1. The van der Waals surface area contributed by atoms with Gasteiger partial charge < -0.3 is 5.11 Å². The first-order valence-corrected chi connectivity index (χ1v) is 10.4. The molecule has 0 fully saturated rings. The zero-order chi connectivity index (χ0) is 21.8. The van der Waals surface area contributed by atoms with Crippen LogP contribution in [0.1, 0.15) is 22.3 Å². The first-order valence-electron chi connectivity index (χ1n) is 9.54.